The van der Waals surface area contributed by atoms with Crippen LogP contribution in [0.1, 0.15) is 32.7 Å². The topological polar surface area (TPSA) is 151 Å². The summed E-state index contributed by atoms with van der Waals surface area (Å²) in [7, 11) is 1.21. The van der Waals surface area contributed by atoms with Gasteiger partial charge in [0.2, 0.25) is 0 Å². The van der Waals surface area contributed by atoms with E-state index in [4.69, 9.17) is 21.9 Å². The zero-order valence-electron chi connectivity index (χ0n) is 20.3. The first kappa shape index (κ1) is 27.1. The lowest BCUT2D eigenvalue weighted by Gasteiger charge is -2.31. The summed E-state index contributed by atoms with van der Waals surface area (Å²) in [5, 5.41) is 15.3. The number of hydrogen-bond donors (Lipinski definition) is 0. The molecule has 0 saturated heterocycles. The molecular weight excluding hydrogens is 500 g/mol. The van der Waals surface area contributed by atoms with Gasteiger partial charge >= 0.3 is 5.97 Å². The van der Waals surface area contributed by atoms with Gasteiger partial charge in [0.1, 0.15) is 6.04 Å². The third kappa shape index (κ3) is 6.40. The number of aromatic nitrogens is 1. The second-order valence-electron chi connectivity index (χ2n) is 8.18. The molecule has 1 amide bonds. The van der Waals surface area contributed by atoms with Crippen LogP contribution >= 0.6 is 11.6 Å². The monoisotopic (exact) mass is 522 g/mol. The first-order valence-corrected chi connectivity index (χ1v) is 11.4. The van der Waals surface area contributed by atoms with Crippen LogP contribution in [0, 0.1) is 24.0 Å². The third-order valence-electron chi connectivity index (χ3n) is 5.67. The number of amides is 1. The average Bonchev–Trinajstić information content (AvgIpc) is 2.85. The van der Waals surface area contributed by atoms with E-state index in [2.05, 4.69) is 15.0 Å². The van der Waals surface area contributed by atoms with Gasteiger partial charge in [0, 0.05) is 51.5 Å². The maximum Gasteiger partial charge on any atom is 0.329 e. The predicted molar refractivity (Wildman–Crippen MR) is 136 cm³/mol. The average molecular weight is 523 g/mol. The highest BCUT2D eigenvalue weighted by molar-refractivity contribution is 6.31. The van der Waals surface area contributed by atoms with Crippen molar-refractivity contribution in [2.24, 2.45) is 5.11 Å². The van der Waals surface area contributed by atoms with E-state index in [-0.39, 0.29) is 34.9 Å². The van der Waals surface area contributed by atoms with E-state index in [1.54, 1.807) is 50.4 Å². The van der Waals surface area contributed by atoms with Gasteiger partial charge in [0.05, 0.1) is 17.7 Å². The Labute approximate surface area is 217 Å². The lowest BCUT2D eigenvalue weighted by atomic mass is 10.0. The molecule has 0 spiro atoms. The Balaban J connectivity index is 2.16. The maximum absolute atomic E-state index is 13.9. The zero-order chi connectivity index (χ0) is 27.1. The molecule has 0 radical (unpaired) electrons. The minimum absolute atomic E-state index is 0.0116. The summed E-state index contributed by atoms with van der Waals surface area (Å²) in [5.74, 6) is -1.31. The highest BCUT2D eigenvalue weighted by Gasteiger charge is 2.33. The van der Waals surface area contributed by atoms with Crippen LogP contribution < -0.4 is 0 Å². The molecule has 1 atom stereocenters. The molecule has 1 aromatic heterocycles. The van der Waals surface area contributed by atoms with Gasteiger partial charge in [-0.1, -0.05) is 22.8 Å². The summed E-state index contributed by atoms with van der Waals surface area (Å²) in [6, 6.07) is 11.5. The van der Waals surface area contributed by atoms with Crippen LogP contribution in [0.15, 0.2) is 59.8 Å². The number of carbonyl (C=O) groups is 2. The van der Waals surface area contributed by atoms with E-state index in [1.165, 1.54) is 30.2 Å². The number of ether oxygens (including phenoxy) is 1. The van der Waals surface area contributed by atoms with Gasteiger partial charge in [-0.05, 0) is 67.4 Å². The Morgan fingerprint density at radius 1 is 1.22 bits per heavy atom. The van der Waals surface area contributed by atoms with Crippen molar-refractivity contribution in [3.8, 4) is 0 Å². The fraction of sp³-hybridized carbons (Fsp3) is 0.240. The number of benzene rings is 2. The van der Waals surface area contributed by atoms with Crippen molar-refractivity contribution in [1.29, 1.82) is 0 Å². The van der Waals surface area contributed by atoms with Crippen molar-refractivity contribution < 1.29 is 19.2 Å². The number of nitro benzene ring substituents is 1. The Morgan fingerprint density at radius 3 is 2.49 bits per heavy atom. The third-order valence-corrected chi connectivity index (χ3v) is 5.90. The SMILES string of the molecule is COC(=O)[C@@H](Cc1ccccn1)N(Cc1cc(C)c([N+](=O)[O-])c(C)c1)C(=O)c1ccc(Cl)cc1N=[N+]=[N-]. The smallest absolute Gasteiger partial charge is 0.329 e. The van der Waals surface area contributed by atoms with Crippen molar-refractivity contribution in [2.75, 3.05) is 7.11 Å². The van der Waals surface area contributed by atoms with Gasteiger partial charge in [0.15, 0.2) is 0 Å². The molecule has 12 heteroatoms. The van der Waals surface area contributed by atoms with Gasteiger partial charge in [-0.3, -0.25) is 19.9 Å². The molecule has 0 bridgehead atoms. The number of esters is 1. The Kier molecular flexibility index (Phi) is 8.78. The molecule has 0 aliphatic heterocycles. The summed E-state index contributed by atoms with van der Waals surface area (Å²) < 4.78 is 5.03. The van der Waals surface area contributed by atoms with Gasteiger partial charge in [-0.15, -0.1) is 0 Å². The number of nitrogens with zero attached hydrogens (tertiary/aromatic N) is 6. The van der Waals surface area contributed by atoms with E-state index in [9.17, 15) is 19.7 Å². The summed E-state index contributed by atoms with van der Waals surface area (Å²) in [6.45, 7) is 3.11. The van der Waals surface area contributed by atoms with Gasteiger partial charge in [0.25, 0.3) is 11.6 Å². The van der Waals surface area contributed by atoms with Crippen LogP contribution in [0.25, 0.3) is 10.4 Å². The van der Waals surface area contributed by atoms with Crippen LogP contribution in [0.4, 0.5) is 11.4 Å². The maximum atomic E-state index is 13.9. The number of nitro groups is 1. The van der Waals surface area contributed by atoms with Gasteiger partial charge in [-0.25, -0.2) is 4.79 Å². The van der Waals surface area contributed by atoms with Crippen molar-refractivity contribution >= 4 is 34.9 Å². The normalized spacial score (nSPS) is 11.2. The number of pyridine rings is 1. The molecule has 0 unspecified atom stereocenters. The molecule has 3 rings (SSSR count). The summed E-state index contributed by atoms with van der Waals surface area (Å²) in [6.07, 6.45) is 1.60. The molecule has 190 valence electrons. The van der Waals surface area contributed by atoms with Crippen LogP contribution in [-0.4, -0.2) is 39.8 Å². The van der Waals surface area contributed by atoms with E-state index >= 15 is 0 Å². The van der Waals surface area contributed by atoms with Gasteiger partial charge < -0.3 is 9.64 Å². The van der Waals surface area contributed by atoms with E-state index in [0.717, 1.165) is 0 Å². The molecule has 0 fully saturated rings. The number of halogens is 1. The molecule has 1 heterocycles. The van der Waals surface area contributed by atoms with Crippen molar-refractivity contribution in [3.05, 3.63) is 108 Å². The van der Waals surface area contributed by atoms with E-state index in [0.29, 0.717) is 22.4 Å². The minimum atomic E-state index is -1.11. The fourth-order valence-electron chi connectivity index (χ4n) is 4.09. The lowest BCUT2D eigenvalue weighted by molar-refractivity contribution is -0.386. The highest BCUT2D eigenvalue weighted by Crippen LogP contribution is 2.29. The largest absolute Gasteiger partial charge is 0.467 e. The van der Waals surface area contributed by atoms with Gasteiger partial charge in [-0.2, -0.15) is 0 Å². The predicted octanol–water partition coefficient (Wildman–Crippen LogP) is 5.63. The number of aryl methyl sites for hydroxylation is 2. The molecule has 2 aromatic carbocycles. The molecule has 37 heavy (non-hydrogen) atoms. The molecule has 3 aromatic rings. The summed E-state index contributed by atoms with van der Waals surface area (Å²) in [4.78, 5) is 46.2. The first-order valence-electron chi connectivity index (χ1n) is 11.0. The number of azide groups is 1. The molecule has 0 aliphatic carbocycles. The highest BCUT2D eigenvalue weighted by atomic mass is 35.5. The Morgan fingerprint density at radius 2 is 1.92 bits per heavy atom. The summed E-state index contributed by atoms with van der Waals surface area (Å²) >= 11 is 6.04. The molecule has 11 nitrogen and oxygen atoms in total. The minimum Gasteiger partial charge on any atom is -0.467 e. The number of carbonyl (C=O) groups excluding carboxylic acids is 2. The number of rotatable bonds is 9. The van der Waals surface area contributed by atoms with E-state index < -0.39 is 22.8 Å². The standard InChI is InChI=1S/C25H23ClN6O5/c1-15-10-17(11-16(2)23(15)32(35)36)14-31(22(25(34)37-3)13-19-6-4-5-9-28-19)24(33)20-8-7-18(26)12-21(20)29-30-27/h4-12,22H,13-14H2,1-3H3/t22-/m1/s1. The Bertz CT molecular complexity index is 1370. The second kappa shape index (κ2) is 12.0. The quantitative estimate of drug-likeness (QED) is 0.0886. The first-order chi connectivity index (χ1) is 17.7. The lowest BCUT2D eigenvalue weighted by Crippen LogP contribution is -2.46. The van der Waals surface area contributed by atoms with E-state index in [1.807, 2.05) is 0 Å². The van der Waals surface area contributed by atoms with Crippen LogP contribution in [-0.2, 0) is 22.5 Å². The Hall–Kier alpha value is -4.47. The number of hydrogen-bond acceptors (Lipinski definition) is 7. The van der Waals surface area contributed by atoms with Crippen molar-refractivity contribution in [3.63, 3.8) is 0 Å². The fourth-order valence-corrected chi connectivity index (χ4v) is 4.26. The van der Waals surface area contributed by atoms with Crippen LogP contribution in [0.3, 0.4) is 0 Å². The molecule has 0 saturated carbocycles. The van der Waals surface area contributed by atoms with Crippen LogP contribution in [0.5, 0.6) is 0 Å². The summed E-state index contributed by atoms with van der Waals surface area (Å²) in [5.41, 5.74) is 10.9. The second-order valence-corrected chi connectivity index (χ2v) is 8.62. The molecular formula is C25H23ClN6O5. The number of methoxy groups -OCH3 is 1. The van der Waals surface area contributed by atoms with Crippen molar-refractivity contribution in [1.82, 2.24) is 9.88 Å². The van der Waals surface area contributed by atoms with Crippen molar-refractivity contribution in [2.45, 2.75) is 32.9 Å². The zero-order valence-corrected chi connectivity index (χ0v) is 21.0. The van der Waals surface area contributed by atoms with Crippen LogP contribution in [0.2, 0.25) is 5.02 Å². The molecule has 0 N–H and O–H groups in total. The molecule has 0 aliphatic rings.